The Labute approximate surface area is 116 Å². The van der Waals surface area contributed by atoms with Crippen LogP contribution in [0.2, 0.25) is 19.6 Å². The van der Waals surface area contributed by atoms with E-state index in [1.165, 1.54) is 7.11 Å². The van der Waals surface area contributed by atoms with Crippen LogP contribution in [0.3, 0.4) is 0 Å². The van der Waals surface area contributed by atoms with E-state index >= 15 is 0 Å². The van der Waals surface area contributed by atoms with E-state index in [2.05, 4.69) is 31.1 Å². The standard InChI is InChI=1S/C16H20O2Si/c1-18-15(17)16(10-11-16)14-7-5-13(6-8-14)9-12-19(2,3)4/h5-8H,10-11H2,1-4H3. The summed E-state index contributed by atoms with van der Waals surface area (Å²) in [7, 11) is 0.118. The molecule has 1 aliphatic carbocycles. The van der Waals surface area contributed by atoms with Gasteiger partial charge in [0.2, 0.25) is 0 Å². The number of hydrogen-bond acceptors (Lipinski definition) is 2. The molecule has 1 aromatic rings. The fourth-order valence-corrected chi connectivity index (χ4v) is 2.58. The number of carbonyl (C=O) groups is 1. The number of esters is 1. The molecule has 0 aromatic heterocycles. The van der Waals surface area contributed by atoms with Crippen LogP contribution in [-0.2, 0) is 14.9 Å². The lowest BCUT2D eigenvalue weighted by Crippen LogP contribution is -2.21. The van der Waals surface area contributed by atoms with Crippen LogP contribution in [0, 0.1) is 11.5 Å². The van der Waals surface area contributed by atoms with E-state index < -0.39 is 8.07 Å². The maximum absolute atomic E-state index is 11.8. The van der Waals surface area contributed by atoms with E-state index in [0.717, 1.165) is 24.0 Å². The van der Waals surface area contributed by atoms with Crippen molar-refractivity contribution < 1.29 is 9.53 Å². The minimum Gasteiger partial charge on any atom is -0.468 e. The molecule has 0 amide bonds. The van der Waals surface area contributed by atoms with Gasteiger partial charge in [-0.1, -0.05) is 37.7 Å². The molecule has 2 rings (SSSR count). The largest absolute Gasteiger partial charge is 0.468 e. The number of rotatable bonds is 2. The number of hydrogen-bond donors (Lipinski definition) is 0. The first-order valence-electron chi connectivity index (χ1n) is 6.59. The summed E-state index contributed by atoms with van der Waals surface area (Å²) in [6, 6.07) is 8.03. The van der Waals surface area contributed by atoms with Gasteiger partial charge in [0.25, 0.3) is 0 Å². The first-order valence-corrected chi connectivity index (χ1v) is 10.1. The van der Waals surface area contributed by atoms with Gasteiger partial charge >= 0.3 is 5.97 Å². The van der Waals surface area contributed by atoms with Crippen molar-refractivity contribution in [3.8, 4) is 11.5 Å². The molecule has 3 heteroatoms. The second-order valence-corrected chi connectivity index (χ2v) is 10.9. The van der Waals surface area contributed by atoms with Crippen LogP contribution < -0.4 is 0 Å². The Kier molecular flexibility index (Phi) is 3.55. The lowest BCUT2D eigenvalue weighted by molar-refractivity contribution is -0.143. The van der Waals surface area contributed by atoms with Gasteiger partial charge in [-0.2, -0.15) is 0 Å². The average molecular weight is 272 g/mol. The zero-order valence-electron chi connectivity index (χ0n) is 12.0. The van der Waals surface area contributed by atoms with Gasteiger partial charge in [0.1, 0.15) is 8.07 Å². The highest BCUT2D eigenvalue weighted by atomic mass is 28.3. The molecule has 1 aromatic carbocycles. The molecule has 0 atom stereocenters. The van der Waals surface area contributed by atoms with E-state index in [4.69, 9.17) is 4.74 Å². The van der Waals surface area contributed by atoms with Crippen molar-refractivity contribution in [2.75, 3.05) is 7.11 Å². The molecule has 1 aliphatic rings. The Morgan fingerprint density at radius 1 is 1.21 bits per heavy atom. The molecule has 0 N–H and O–H groups in total. The third kappa shape index (κ3) is 3.08. The van der Waals surface area contributed by atoms with Gasteiger partial charge in [0.05, 0.1) is 12.5 Å². The second kappa shape index (κ2) is 4.86. The van der Waals surface area contributed by atoms with Crippen molar-refractivity contribution in [3.05, 3.63) is 35.4 Å². The summed E-state index contributed by atoms with van der Waals surface area (Å²) in [6.45, 7) is 6.68. The number of ether oxygens (including phenoxy) is 1. The molecule has 1 saturated carbocycles. The molecule has 2 nitrogen and oxygen atoms in total. The van der Waals surface area contributed by atoms with Gasteiger partial charge in [-0.3, -0.25) is 4.79 Å². The Balaban J connectivity index is 2.20. The molecule has 100 valence electrons. The van der Waals surface area contributed by atoms with Crippen molar-refractivity contribution in [1.29, 1.82) is 0 Å². The van der Waals surface area contributed by atoms with Gasteiger partial charge in [-0.05, 0) is 30.5 Å². The van der Waals surface area contributed by atoms with E-state index in [9.17, 15) is 4.79 Å². The van der Waals surface area contributed by atoms with Gasteiger partial charge in [0, 0.05) is 5.56 Å². The molecule has 0 radical (unpaired) electrons. The predicted octanol–water partition coefficient (Wildman–Crippen LogP) is 3.12. The first-order chi connectivity index (χ1) is 8.87. The van der Waals surface area contributed by atoms with Crippen molar-refractivity contribution in [2.24, 2.45) is 0 Å². The Morgan fingerprint density at radius 3 is 2.21 bits per heavy atom. The third-order valence-corrected chi connectivity index (χ3v) is 4.22. The summed E-state index contributed by atoms with van der Waals surface area (Å²) in [5.74, 6) is 3.11. The molecule has 0 heterocycles. The van der Waals surface area contributed by atoms with Gasteiger partial charge in [-0.15, -0.1) is 5.54 Å². The van der Waals surface area contributed by atoms with Crippen LogP contribution in [0.1, 0.15) is 24.0 Å². The lowest BCUT2D eigenvalue weighted by Gasteiger charge is -2.12. The predicted molar refractivity (Wildman–Crippen MR) is 79.6 cm³/mol. The van der Waals surface area contributed by atoms with E-state index in [1.807, 2.05) is 24.3 Å². The topological polar surface area (TPSA) is 26.3 Å². The van der Waals surface area contributed by atoms with Crippen molar-refractivity contribution in [3.63, 3.8) is 0 Å². The van der Waals surface area contributed by atoms with E-state index in [-0.39, 0.29) is 11.4 Å². The minimum atomic E-state index is -1.34. The summed E-state index contributed by atoms with van der Waals surface area (Å²) in [5.41, 5.74) is 5.04. The molecular weight excluding hydrogens is 252 g/mol. The van der Waals surface area contributed by atoms with Crippen molar-refractivity contribution in [2.45, 2.75) is 37.9 Å². The molecule has 0 aliphatic heterocycles. The Hall–Kier alpha value is -1.53. The molecule has 0 saturated heterocycles. The smallest absolute Gasteiger partial charge is 0.316 e. The SMILES string of the molecule is COC(=O)C1(c2ccc(C#C[Si](C)(C)C)cc2)CC1. The fraction of sp³-hybridized carbons (Fsp3) is 0.438. The van der Waals surface area contributed by atoms with Crippen molar-refractivity contribution >= 4 is 14.0 Å². The number of benzene rings is 1. The number of carbonyl (C=O) groups excluding carboxylic acids is 1. The van der Waals surface area contributed by atoms with Gasteiger partial charge in [-0.25, -0.2) is 0 Å². The van der Waals surface area contributed by atoms with Gasteiger partial charge < -0.3 is 4.74 Å². The molecule has 19 heavy (non-hydrogen) atoms. The zero-order chi connectivity index (χ0) is 14.1. The maximum atomic E-state index is 11.8. The van der Waals surface area contributed by atoms with Gasteiger partial charge in [0.15, 0.2) is 0 Å². The Bertz CT molecular complexity index is 537. The van der Waals surface area contributed by atoms with Crippen LogP contribution in [0.5, 0.6) is 0 Å². The average Bonchev–Trinajstić information content (AvgIpc) is 3.17. The summed E-state index contributed by atoms with van der Waals surface area (Å²) in [4.78, 5) is 11.8. The van der Waals surface area contributed by atoms with Crippen LogP contribution in [0.15, 0.2) is 24.3 Å². The van der Waals surface area contributed by atoms with Crippen LogP contribution >= 0.6 is 0 Å². The molecule has 0 spiro atoms. The van der Waals surface area contributed by atoms with Crippen LogP contribution in [-0.4, -0.2) is 21.2 Å². The van der Waals surface area contributed by atoms with Crippen LogP contribution in [0.4, 0.5) is 0 Å². The highest BCUT2D eigenvalue weighted by molar-refractivity contribution is 6.83. The molecular formula is C16H20O2Si. The highest BCUT2D eigenvalue weighted by Crippen LogP contribution is 2.49. The fourth-order valence-electron chi connectivity index (χ4n) is 2.06. The summed E-state index contributed by atoms with van der Waals surface area (Å²) in [5, 5.41) is 0. The number of methoxy groups -OCH3 is 1. The quantitative estimate of drug-likeness (QED) is 0.470. The second-order valence-electron chi connectivity index (χ2n) is 6.15. The van der Waals surface area contributed by atoms with Crippen LogP contribution in [0.25, 0.3) is 0 Å². The van der Waals surface area contributed by atoms with E-state index in [0.29, 0.717) is 0 Å². The third-order valence-electron chi connectivity index (χ3n) is 3.35. The normalized spacial score (nSPS) is 16.2. The maximum Gasteiger partial charge on any atom is 0.316 e. The molecule has 0 bridgehead atoms. The minimum absolute atomic E-state index is 0.117. The lowest BCUT2D eigenvalue weighted by atomic mass is 9.95. The van der Waals surface area contributed by atoms with Crippen molar-refractivity contribution in [1.82, 2.24) is 0 Å². The highest BCUT2D eigenvalue weighted by Gasteiger charge is 2.52. The molecule has 1 fully saturated rings. The Morgan fingerprint density at radius 2 is 1.79 bits per heavy atom. The summed E-state index contributed by atoms with van der Waals surface area (Å²) < 4.78 is 4.89. The first kappa shape index (κ1) is 13.9. The monoisotopic (exact) mass is 272 g/mol. The summed E-state index contributed by atoms with van der Waals surface area (Å²) >= 11 is 0. The molecule has 0 unspecified atom stereocenters. The van der Waals surface area contributed by atoms with E-state index in [1.54, 1.807) is 0 Å². The zero-order valence-corrected chi connectivity index (χ0v) is 13.0. The summed E-state index contributed by atoms with van der Waals surface area (Å²) in [6.07, 6.45) is 1.78.